The minimum atomic E-state index is 0.768. The first-order valence-electron chi connectivity index (χ1n) is 3.78. The molecule has 2 rings (SSSR count). The summed E-state index contributed by atoms with van der Waals surface area (Å²) >= 11 is 0. The fourth-order valence-corrected chi connectivity index (χ4v) is 1.24. The highest BCUT2D eigenvalue weighted by molar-refractivity contribution is 5.41. The number of hydrogen-bond acceptors (Lipinski definition) is 1. The molecule has 1 aliphatic heterocycles. The molecule has 0 saturated carbocycles. The summed E-state index contributed by atoms with van der Waals surface area (Å²) in [6, 6.07) is 0. The molecular weight excluding hydrogens is 136 g/mol. The molecule has 11 heavy (non-hydrogen) atoms. The monoisotopic (exact) mass is 146 g/mol. The lowest BCUT2D eigenvalue weighted by Crippen LogP contribution is -1.84. The van der Waals surface area contributed by atoms with Gasteiger partial charge in [0.15, 0.2) is 0 Å². The van der Waals surface area contributed by atoms with Crippen LogP contribution in [0.1, 0.15) is 0 Å². The summed E-state index contributed by atoms with van der Waals surface area (Å²) in [7, 11) is 0. The van der Waals surface area contributed by atoms with Crippen molar-refractivity contribution in [3.63, 3.8) is 0 Å². The number of fused-ring (bicyclic) bond motifs is 1. The Morgan fingerprint density at radius 1 is 0.818 bits per heavy atom. The van der Waals surface area contributed by atoms with Crippen molar-refractivity contribution in [2.24, 2.45) is 0 Å². The van der Waals surface area contributed by atoms with Gasteiger partial charge in [0, 0.05) is 0 Å². The first-order valence-corrected chi connectivity index (χ1v) is 3.78. The van der Waals surface area contributed by atoms with E-state index >= 15 is 0 Å². The molecule has 0 aromatic carbocycles. The van der Waals surface area contributed by atoms with Crippen molar-refractivity contribution < 1.29 is 4.74 Å². The van der Waals surface area contributed by atoms with Crippen molar-refractivity contribution in [1.29, 1.82) is 0 Å². The third kappa shape index (κ3) is 1.33. The lowest BCUT2D eigenvalue weighted by atomic mass is 10.1. The first kappa shape index (κ1) is 6.62. The van der Waals surface area contributed by atoms with E-state index in [2.05, 4.69) is 12.2 Å². The van der Waals surface area contributed by atoms with Crippen molar-refractivity contribution in [3.8, 4) is 0 Å². The Hall–Kier alpha value is -1.08. The molecule has 0 spiro atoms. The second-order valence-corrected chi connectivity index (χ2v) is 2.65. The topological polar surface area (TPSA) is 9.23 Å². The lowest BCUT2D eigenvalue weighted by molar-refractivity contribution is 0.215. The Morgan fingerprint density at radius 3 is 1.91 bits per heavy atom. The van der Waals surface area contributed by atoms with Gasteiger partial charge in [-0.1, -0.05) is 36.5 Å². The average Bonchev–Trinajstić information content (AvgIpc) is 2.35. The quantitative estimate of drug-likeness (QED) is 0.508. The van der Waals surface area contributed by atoms with Crippen molar-refractivity contribution in [2.45, 2.75) is 0 Å². The first-order chi connectivity index (χ1) is 5.47. The van der Waals surface area contributed by atoms with Crippen LogP contribution in [0, 0.1) is 0 Å². The Bertz CT molecular complexity index is 239. The van der Waals surface area contributed by atoms with Crippen molar-refractivity contribution in [1.82, 2.24) is 0 Å². The summed E-state index contributed by atoms with van der Waals surface area (Å²) in [5, 5.41) is 0. The van der Waals surface area contributed by atoms with E-state index in [-0.39, 0.29) is 0 Å². The van der Waals surface area contributed by atoms with Gasteiger partial charge >= 0.3 is 0 Å². The molecule has 0 amide bonds. The molecule has 1 heterocycles. The normalized spacial score (nSPS) is 31.3. The van der Waals surface area contributed by atoms with Crippen LogP contribution >= 0.6 is 0 Å². The largest absolute Gasteiger partial charge is 0.372 e. The van der Waals surface area contributed by atoms with Gasteiger partial charge in [0.1, 0.15) is 0 Å². The smallest absolute Gasteiger partial charge is 0.0724 e. The van der Waals surface area contributed by atoms with Crippen molar-refractivity contribution in [3.05, 3.63) is 47.6 Å². The van der Waals surface area contributed by atoms with Gasteiger partial charge in [0.2, 0.25) is 0 Å². The summed E-state index contributed by atoms with van der Waals surface area (Å²) < 4.78 is 5.30. The van der Waals surface area contributed by atoms with E-state index in [1.807, 2.05) is 24.3 Å². The minimum Gasteiger partial charge on any atom is -0.372 e. The van der Waals surface area contributed by atoms with Crippen LogP contribution in [0.4, 0.5) is 0 Å². The molecular formula is C10H10O. The summed E-state index contributed by atoms with van der Waals surface area (Å²) in [5.74, 6) is 0. The third-order valence-electron chi connectivity index (χ3n) is 1.86. The van der Waals surface area contributed by atoms with Crippen LogP contribution < -0.4 is 0 Å². The Kier molecular flexibility index (Phi) is 1.74. The van der Waals surface area contributed by atoms with Crippen LogP contribution in [0.3, 0.4) is 0 Å². The van der Waals surface area contributed by atoms with Gasteiger partial charge in [-0.3, -0.25) is 0 Å². The summed E-state index contributed by atoms with van der Waals surface area (Å²) in [5.41, 5.74) is 2.62. The van der Waals surface area contributed by atoms with Gasteiger partial charge < -0.3 is 4.74 Å². The van der Waals surface area contributed by atoms with E-state index in [0.717, 1.165) is 13.2 Å². The Balaban J connectivity index is 2.35. The molecule has 1 heteroatoms. The van der Waals surface area contributed by atoms with Gasteiger partial charge in [0.05, 0.1) is 13.2 Å². The zero-order chi connectivity index (χ0) is 7.52. The SMILES string of the molecule is C1=C/C=C2/COC/C2=C/C=C1. The van der Waals surface area contributed by atoms with Gasteiger partial charge in [-0.05, 0) is 11.1 Å². The van der Waals surface area contributed by atoms with E-state index in [0.29, 0.717) is 0 Å². The molecule has 0 aromatic rings. The maximum atomic E-state index is 5.30. The molecule has 0 aromatic heterocycles. The number of allylic oxidation sites excluding steroid dienone is 6. The summed E-state index contributed by atoms with van der Waals surface area (Å²) in [6.07, 6.45) is 12.4. The van der Waals surface area contributed by atoms with Gasteiger partial charge in [-0.25, -0.2) is 0 Å². The zero-order valence-corrected chi connectivity index (χ0v) is 6.29. The highest BCUT2D eigenvalue weighted by atomic mass is 16.5. The second-order valence-electron chi connectivity index (χ2n) is 2.65. The van der Waals surface area contributed by atoms with E-state index in [1.165, 1.54) is 11.1 Å². The molecule has 1 saturated heterocycles. The number of rotatable bonds is 0. The number of hydrogen-bond donors (Lipinski definition) is 0. The summed E-state index contributed by atoms with van der Waals surface area (Å²) in [6.45, 7) is 1.54. The second kappa shape index (κ2) is 2.89. The summed E-state index contributed by atoms with van der Waals surface area (Å²) in [4.78, 5) is 0. The fraction of sp³-hybridized carbons (Fsp3) is 0.200. The Labute approximate surface area is 66.4 Å². The molecule has 0 unspecified atom stereocenters. The molecule has 2 aliphatic rings. The molecule has 1 aliphatic carbocycles. The fourth-order valence-electron chi connectivity index (χ4n) is 1.24. The van der Waals surface area contributed by atoms with Crippen LogP contribution in [0.15, 0.2) is 47.6 Å². The average molecular weight is 146 g/mol. The zero-order valence-electron chi connectivity index (χ0n) is 6.29. The lowest BCUT2D eigenvalue weighted by Gasteiger charge is -1.95. The van der Waals surface area contributed by atoms with Crippen LogP contribution in [0.2, 0.25) is 0 Å². The predicted octanol–water partition coefficient (Wildman–Crippen LogP) is 2.00. The molecule has 0 radical (unpaired) electrons. The third-order valence-corrected chi connectivity index (χ3v) is 1.86. The molecule has 0 bridgehead atoms. The van der Waals surface area contributed by atoms with E-state index in [1.54, 1.807) is 0 Å². The van der Waals surface area contributed by atoms with Crippen LogP contribution in [-0.4, -0.2) is 13.2 Å². The highest BCUT2D eigenvalue weighted by Crippen LogP contribution is 2.19. The molecule has 1 nitrogen and oxygen atoms in total. The van der Waals surface area contributed by atoms with Gasteiger partial charge in [-0.15, -0.1) is 0 Å². The van der Waals surface area contributed by atoms with Gasteiger partial charge in [-0.2, -0.15) is 0 Å². The maximum Gasteiger partial charge on any atom is 0.0724 e. The van der Waals surface area contributed by atoms with Gasteiger partial charge in [0.25, 0.3) is 0 Å². The van der Waals surface area contributed by atoms with Crippen molar-refractivity contribution >= 4 is 0 Å². The van der Waals surface area contributed by atoms with E-state index in [9.17, 15) is 0 Å². The molecule has 0 N–H and O–H groups in total. The molecule has 1 fully saturated rings. The van der Waals surface area contributed by atoms with E-state index < -0.39 is 0 Å². The standard InChI is InChI=1S/C10H10O/c1-2-4-6-10-8-11-7-9(10)5-3-1/h1-6H,7-8H2/b2-1?,3-1?,4-2?,5-3?,6-4?,9-5-,10-6-. The molecule has 0 atom stereocenters. The van der Waals surface area contributed by atoms with Crippen LogP contribution in [0.25, 0.3) is 0 Å². The maximum absolute atomic E-state index is 5.30. The highest BCUT2D eigenvalue weighted by Gasteiger charge is 2.11. The van der Waals surface area contributed by atoms with Crippen LogP contribution in [0.5, 0.6) is 0 Å². The predicted molar refractivity (Wildman–Crippen MR) is 45.3 cm³/mol. The minimum absolute atomic E-state index is 0.768. The Morgan fingerprint density at radius 2 is 1.36 bits per heavy atom. The van der Waals surface area contributed by atoms with Crippen molar-refractivity contribution in [2.75, 3.05) is 13.2 Å². The molecule has 56 valence electrons. The van der Waals surface area contributed by atoms with Crippen LogP contribution in [-0.2, 0) is 4.74 Å². The van der Waals surface area contributed by atoms with E-state index in [4.69, 9.17) is 4.74 Å². The number of ether oxygens (including phenoxy) is 1.